The maximum absolute atomic E-state index is 13.1. The molecule has 0 saturated carbocycles. The summed E-state index contributed by atoms with van der Waals surface area (Å²) in [4.78, 5) is 19.0. The number of carbonyl (C=O) groups is 1. The van der Waals surface area contributed by atoms with Crippen molar-refractivity contribution in [3.8, 4) is 0 Å². The monoisotopic (exact) mass is 409 g/mol. The number of thiophene rings is 1. The van der Waals surface area contributed by atoms with Gasteiger partial charge in [-0.05, 0) is 37.4 Å². The molecule has 0 aromatic carbocycles. The fourth-order valence-corrected chi connectivity index (χ4v) is 4.42. The van der Waals surface area contributed by atoms with Crippen LogP contribution in [0.25, 0.3) is 0 Å². The third-order valence-corrected chi connectivity index (χ3v) is 5.92. The average Bonchev–Trinajstić information content (AvgIpc) is 3.09. The molecule has 0 bridgehead atoms. The molecule has 2 saturated heterocycles. The molecular weight excluding hydrogens is 381 g/mol. The van der Waals surface area contributed by atoms with Crippen LogP contribution >= 0.6 is 36.2 Å². The number of piperazine rings is 1. The van der Waals surface area contributed by atoms with Crippen LogP contribution in [0.2, 0.25) is 0 Å². The van der Waals surface area contributed by atoms with Crippen LogP contribution in [0.5, 0.6) is 0 Å². The Morgan fingerprint density at radius 1 is 1.24 bits per heavy atom. The number of rotatable bonds is 5. The summed E-state index contributed by atoms with van der Waals surface area (Å²) in [5.74, 6) is 0.302. The average molecular weight is 410 g/mol. The van der Waals surface area contributed by atoms with Gasteiger partial charge in [-0.25, -0.2) is 0 Å². The van der Waals surface area contributed by atoms with E-state index in [0.717, 1.165) is 58.7 Å². The topological polar surface area (TPSA) is 44.8 Å². The molecule has 25 heavy (non-hydrogen) atoms. The Bertz CT molecular complexity index is 496. The van der Waals surface area contributed by atoms with Crippen LogP contribution in [0.1, 0.15) is 17.7 Å². The molecule has 0 unspecified atom stereocenters. The van der Waals surface area contributed by atoms with Crippen molar-refractivity contribution in [3.63, 3.8) is 0 Å². The molecular formula is C17H29Cl2N3O2S. The molecule has 0 spiro atoms. The van der Waals surface area contributed by atoms with E-state index in [4.69, 9.17) is 4.74 Å². The maximum Gasteiger partial charge on any atom is 0.231 e. The number of methoxy groups -OCH3 is 1. The molecule has 144 valence electrons. The van der Waals surface area contributed by atoms with Gasteiger partial charge in [-0.15, -0.1) is 36.2 Å². The Morgan fingerprint density at radius 3 is 2.48 bits per heavy atom. The molecule has 1 N–H and O–H groups in total. The van der Waals surface area contributed by atoms with Gasteiger partial charge in [0.05, 0.1) is 12.0 Å². The molecule has 2 aliphatic heterocycles. The maximum atomic E-state index is 13.1. The van der Waals surface area contributed by atoms with Crippen molar-refractivity contribution >= 4 is 42.1 Å². The minimum Gasteiger partial charge on any atom is -0.384 e. The molecule has 0 atom stereocenters. The van der Waals surface area contributed by atoms with Crippen molar-refractivity contribution in [2.24, 2.45) is 5.41 Å². The van der Waals surface area contributed by atoms with Gasteiger partial charge in [0.2, 0.25) is 5.91 Å². The summed E-state index contributed by atoms with van der Waals surface area (Å²) >= 11 is 1.81. The zero-order valence-electron chi connectivity index (χ0n) is 14.7. The summed E-state index contributed by atoms with van der Waals surface area (Å²) in [6.45, 7) is 6.97. The van der Waals surface area contributed by atoms with E-state index in [0.29, 0.717) is 12.5 Å². The number of halogens is 2. The number of carbonyl (C=O) groups excluding carboxylic acids is 1. The summed E-state index contributed by atoms with van der Waals surface area (Å²) < 4.78 is 5.40. The minimum absolute atomic E-state index is 0. The first-order chi connectivity index (χ1) is 11.2. The number of piperidine rings is 1. The van der Waals surface area contributed by atoms with Gasteiger partial charge in [0.25, 0.3) is 0 Å². The van der Waals surface area contributed by atoms with Crippen molar-refractivity contribution < 1.29 is 9.53 Å². The number of amides is 1. The van der Waals surface area contributed by atoms with E-state index < -0.39 is 0 Å². The molecule has 3 heterocycles. The second-order valence-corrected chi connectivity index (χ2v) is 7.64. The predicted octanol–water partition coefficient (Wildman–Crippen LogP) is 2.25. The van der Waals surface area contributed by atoms with Gasteiger partial charge in [-0.1, -0.05) is 6.07 Å². The lowest BCUT2D eigenvalue weighted by Crippen LogP contribution is -2.56. The molecule has 3 rings (SSSR count). The van der Waals surface area contributed by atoms with Crippen LogP contribution in [0.3, 0.4) is 0 Å². The third-order valence-electron chi connectivity index (χ3n) is 5.05. The quantitative estimate of drug-likeness (QED) is 0.809. The molecule has 2 aliphatic rings. The van der Waals surface area contributed by atoms with Crippen molar-refractivity contribution in [2.75, 3.05) is 53.0 Å². The zero-order valence-corrected chi connectivity index (χ0v) is 17.2. The first-order valence-electron chi connectivity index (χ1n) is 8.47. The number of nitrogens with one attached hydrogen (secondary N) is 1. The molecule has 2 fully saturated rings. The van der Waals surface area contributed by atoms with Crippen LogP contribution in [0.4, 0.5) is 0 Å². The molecule has 1 aromatic heterocycles. The second-order valence-electron chi connectivity index (χ2n) is 6.61. The smallest absolute Gasteiger partial charge is 0.231 e. The van der Waals surface area contributed by atoms with Gasteiger partial charge < -0.3 is 15.0 Å². The summed E-state index contributed by atoms with van der Waals surface area (Å²) in [7, 11) is 1.70. The predicted molar refractivity (Wildman–Crippen MR) is 107 cm³/mol. The minimum atomic E-state index is -0.310. The van der Waals surface area contributed by atoms with Gasteiger partial charge in [0.15, 0.2) is 0 Å². The van der Waals surface area contributed by atoms with Gasteiger partial charge in [0, 0.05) is 44.7 Å². The number of hydrogen-bond donors (Lipinski definition) is 1. The van der Waals surface area contributed by atoms with Crippen LogP contribution in [0, 0.1) is 5.41 Å². The van der Waals surface area contributed by atoms with E-state index in [1.54, 1.807) is 18.4 Å². The highest BCUT2D eigenvalue weighted by Crippen LogP contribution is 2.32. The number of hydrogen-bond acceptors (Lipinski definition) is 5. The molecule has 8 heteroatoms. The number of ether oxygens (including phenoxy) is 1. The van der Waals surface area contributed by atoms with Gasteiger partial charge >= 0.3 is 0 Å². The molecule has 0 radical (unpaired) electrons. The van der Waals surface area contributed by atoms with Crippen molar-refractivity contribution in [1.29, 1.82) is 0 Å². The summed E-state index contributed by atoms with van der Waals surface area (Å²) in [5, 5.41) is 5.48. The fraction of sp³-hybridized carbons (Fsp3) is 0.706. The highest BCUT2D eigenvalue weighted by Gasteiger charge is 2.42. The van der Waals surface area contributed by atoms with E-state index in [9.17, 15) is 4.79 Å². The summed E-state index contributed by atoms with van der Waals surface area (Å²) in [5.41, 5.74) is -0.310. The molecule has 1 amide bonds. The standard InChI is InChI=1S/C17H27N3O2S.2ClH/c1-22-14-17(4-6-18-7-5-17)16(21)20-10-8-19(9-11-20)13-15-3-2-12-23-15;;/h2-3,12,18H,4-11,13-14H2,1H3;2*1H. The Kier molecular flexibility index (Phi) is 9.70. The van der Waals surface area contributed by atoms with Gasteiger partial charge in [0.1, 0.15) is 0 Å². The normalized spacial score (nSPS) is 20.4. The van der Waals surface area contributed by atoms with Crippen LogP contribution in [-0.4, -0.2) is 68.7 Å². The van der Waals surface area contributed by atoms with Gasteiger partial charge in [-0.3, -0.25) is 9.69 Å². The van der Waals surface area contributed by atoms with Gasteiger partial charge in [-0.2, -0.15) is 0 Å². The Morgan fingerprint density at radius 2 is 1.92 bits per heavy atom. The van der Waals surface area contributed by atoms with Crippen LogP contribution in [0.15, 0.2) is 17.5 Å². The van der Waals surface area contributed by atoms with Crippen molar-refractivity contribution in [2.45, 2.75) is 19.4 Å². The van der Waals surface area contributed by atoms with Crippen LogP contribution < -0.4 is 5.32 Å². The zero-order chi connectivity index (χ0) is 16.1. The highest BCUT2D eigenvalue weighted by molar-refractivity contribution is 7.09. The Balaban J connectivity index is 0.00000156. The number of nitrogens with zero attached hydrogens (tertiary/aromatic N) is 2. The first-order valence-corrected chi connectivity index (χ1v) is 9.35. The summed E-state index contributed by atoms with van der Waals surface area (Å²) in [6, 6.07) is 4.29. The lowest BCUT2D eigenvalue weighted by molar-refractivity contribution is -0.149. The fourth-order valence-electron chi connectivity index (χ4n) is 3.67. The van der Waals surface area contributed by atoms with Crippen molar-refractivity contribution in [1.82, 2.24) is 15.1 Å². The Labute approximate surface area is 166 Å². The van der Waals surface area contributed by atoms with E-state index in [1.165, 1.54) is 4.88 Å². The third kappa shape index (κ3) is 5.55. The highest BCUT2D eigenvalue weighted by atomic mass is 35.5. The summed E-state index contributed by atoms with van der Waals surface area (Å²) in [6.07, 6.45) is 1.77. The van der Waals surface area contributed by atoms with E-state index in [1.807, 2.05) is 0 Å². The Hall–Kier alpha value is -0.370. The molecule has 5 nitrogen and oxygen atoms in total. The lowest BCUT2D eigenvalue weighted by Gasteiger charge is -2.42. The van der Waals surface area contributed by atoms with Crippen molar-refractivity contribution in [3.05, 3.63) is 22.4 Å². The SMILES string of the molecule is COCC1(C(=O)N2CCN(Cc3cccs3)CC2)CCNCC1.Cl.Cl. The van der Waals surface area contributed by atoms with Crippen LogP contribution in [-0.2, 0) is 16.1 Å². The largest absolute Gasteiger partial charge is 0.384 e. The lowest BCUT2D eigenvalue weighted by atomic mass is 9.78. The second kappa shape index (κ2) is 10.7. The first kappa shape index (κ1) is 22.7. The van der Waals surface area contributed by atoms with E-state index in [-0.39, 0.29) is 30.2 Å². The molecule has 1 aromatic rings. The molecule has 0 aliphatic carbocycles. The van der Waals surface area contributed by atoms with E-state index in [2.05, 4.69) is 32.6 Å². The van der Waals surface area contributed by atoms with E-state index >= 15 is 0 Å².